The van der Waals surface area contributed by atoms with Gasteiger partial charge in [-0.3, -0.25) is 0 Å². The fourth-order valence-corrected chi connectivity index (χ4v) is 3.79. The molecule has 1 aromatic heterocycles. The van der Waals surface area contributed by atoms with Gasteiger partial charge in [0, 0.05) is 29.3 Å². The Morgan fingerprint density at radius 1 is 1.50 bits per heavy atom. The van der Waals surface area contributed by atoms with E-state index in [1.165, 1.54) is 11.1 Å². The zero-order valence-corrected chi connectivity index (χ0v) is 13.5. The molecule has 106 valence electrons. The zero-order chi connectivity index (χ0) is 14.1. The van der Waals surface area contributed by atoms with Crippen LogP contribution in [0, 0.1) is 0 Å². The van der Waals surface area contributed by atoms with Crippen molar-refractivity contribution in [3.8, 4) is 5.75 Å². The molecule has 2 heterocycles. The maximum atomic E-state index is 9.18. The van der Waals surface area contributed by atoms with E-state index in [1.807, 2.05) is 11.6 Å². The van der Waals surface area contributed by atoms with Gasteiger partial charge in [-0.25, -0.2) is 4.98 Å². The molecule has 20 heavy (non-hydrogen) atoms. The third-order valence-electron chi connectivity index (χ3n) is 3.39. The molecule has 0 fully saturated rings. The standard InChI is InChI=1S/C14H15BrN2O2S/c1-17-12(7-18)6-16-14(17)20-8-10-5-11(15)4-9-2-3-19-13(9)10/h4-6,18H,2-3,7-8H2,1H3. The number of hydrogen-bond donors (Lipinski definition) is 1. The number of thioether (sulfide) groups is 1. The molecule has 0 saturated heterocycles. The van der Waals surface area contributed by atoms with Crippen molar-refractivity contribution < 1.29 is 9.84 Å². The van der Waals surface area contributed by atoms with Gasteiger partial charge in [-0.2, -0.15) is 0 Å². The van der Waals surface area contributed by atoms with Crippen molar-refractivity contribution in [2.45, 2.75) is 23.9 Å². The van der Waals surface area contributed by atoms with Crippen LogP contribution in [0.15, 0.2) is 28.0 Å². The number of benzene rings is 1. The van der Waals surface area contributed by atoms with Crippen molar-refractivity contribution in [1.82, 2.24) is 9.55 Å². The van der Waals surface area contributed by atoms with E-state index < -0.39 is 0 Å². The van der Waals surface area contributed by atoms with E-state index in [0.29, 0.717) is 0 Å². The first-order valence-corrected chi connectivity index (χ1v) is 8.15. The third kappa shape index (κ3) is 2.60. The predicted octanol–water partition coefficient (Wildman–Crippen LogP) is 2.90. The van der Waals surface area contributed by atoms with E-state index in [1.54, 1.807) is 18.0 Å². The molecule has 1 aliphatic heterocycles. The molecule has 0 aliphatic carbocycles. The van der Waals surface area contributed by atoms with Crippen molar-refractivity contribution >= 4 is 27.7 Å². The molecule has 0 spiro atoms. The summed E-state index contributed by atoms with van der Waals surface area (Å²) >= 11 is 5.20. The quantitative estimate of drug-likeness (QED) is 0.857. The van der Waals surface area contributed by atoms with E-state index in [9.17, 15) is 5.11 Å². The summed E-state index contributed by atoms with van der Waals surface area (Å²) in [4.78, 5) is 4.33. The lowest BCUT2D eigenvalue weighted by molar-refractivity contribution is 0.271. The number of aliphatic hydroxyl groups is 1. The van der Waals surface area contributed by atoms with Gasteiger partial charge >= 0.3 is 0 Å². The summed E-state index contributed by atoms with van der Waals surface area (Å²) in [6.07, 6.45) is 2.69. The molecule has 0 saturated carbocycles. The monoisotopic (exact) mass is 354 g/mol. The van der Waals surface area contributed by atoms with Crippen LogP contribution < -0.4 is 4.74 Å². The summed E-state index contributed by atoms with van der Waals surface area (Å²) in [7, 11) is 1.92. The fourth-order valence-electron chi connectivity index (χ4n) is 2.30. The lowest BCUT2D eigenvalue weighted by Crippen LogP contribution is -1.98. The SMILES string of the molecule is Cn1c(CO)cnc1SCc1cc(Br)cc2c1OCC2. The number of nitrogens with zero attached hydrogens (tertiary/aromatic N) is 2. The Bertz CT molecular complexity index is 642. The largest absolute Gasteiger partial charge is 0.493 e. The molecule has 2 aromatic rings. The molecule has 0 atom stereocenters. The van der Waals surface area contributed by atoms with Crippen LogP contribution in [-0.2, 0) is 25.8 Å². The minimum Gasteiger partial charge on any atom is -0.493 e. The molecule has 6 heteroatoms. The first-order chi connectivity index (χ1) is 9.69. The van der Waals surface area contributed by atoms with Gasteiger partial charge in [0.25, 0.3) is 0 Å². The maximum absolute atomic E-state index is 9.18. The van der Waals surface area contributed by atoms with E-state index >= 15 is 0 Å². The molecule has 0 unspecified atom stereocenters. The molecule has 0 amide bonds. The maximum Gasteiger partial charge on any atom is 0.168 e. The number of aromatic nitrogens is 2. The molecule has 1 aliphatic rings. The summed E-state index contributed by atoms with van der Waals surface area (Å²) in [5.74, 6) is 1.83. The van der Waals surface area contributed by atoms with E-state index in [2.05, 4.69) is 33.0 Å². The summed E-state index contributed by atoms with van der Waals surface area (Å²) in [6, 6.07) is 4.23. The second-order valence-electron chi connectivity index (χ2n) is 4.69. The Morgan fingerprint density at radius 3 is 3.10 bits per heavy atom. The number of halogens is 1. The Hall–Kier alpha value is -0.980. The fraction of sp³-hybridized carbons (Fsp3) is 0.357. The van der Waals surface area contributed by atoms with Crippen LogP contribution in [0.3, 0.4) is 0 Å². The topological polar surface area (TPSA) is 47.3 Å². The van der Waals surface area contributed by atoms with Crippen LogP contribution in [0.5, 0.6) is 5.75 Å². The van der Waals surface area contributed by atoms with Gasteiger partial charge in [-0.05, 0) is 17.7 Å². The van der Waals surface area contributed by atoms with E-state index in [0.717, 1.165) is 39.9 Å². The van der Waals surface area contributed by atoms with Crippen molar-refractivity contribution in [2.24, 2.45) is 7.05 Å². The molecular formula is C14H15BrN2O2S. The van der Waals surface area contributed by atoms with Crippen molar-refractivity contribution in [1.29, 1.82) is 0 Å². The Labute approximate surface area is 130 Å². The molecule has 4 nitrogen and oxygen atoms in total. The minimum absolute atomic E-state index is 0.0133. The number of ether oxygens (including phenoxy) is 1. The average Bonchev–Trinajstić information content (AvgIpc) is 3.02. The Morgan fingerprint density at radius 2 is 2.35 bits per heavy atom. The van der Waals surface area contributed by atoms with Crippen molar-refractivity contribution in [2.75, 3.05) is 6.61 Å². The Balaban J connectivity index is 1.80. The van der Waals surface area contributed by atoms with Crippen LogP contribution in [-0.4, -0.2) is 21.3 Å². The van der Waals surface area contributed by atoms with Gasteiger partial charge in [-0.1, -0.05) is 27.7 Å². The summed E-state index contributed by atoms with van der Waals surface area (Å²) in [5.41, 5.74) is 3.28. The molecule has 3 rings (SSSR count). The van der Waals surface area contributed by atoms with Gasteiger partial charge in [0.05, 0.1) is 25.1 Å². The summed E-state index contributed by atoms with van der Waals surface area (Å²) < 4.78 is 8.74. The van der Waals surface area contributed by atoms with Crippen LogP contribution in [0.25, 0.3) is 0 Å². The number of rotatable bonds is 4. The van der Waals surface area contributed by atoms with Crippen molar-refractivity contribution in [3.63, 3.8) is 0 Å². The number of imidazole rings is 1. The highest BCUT2D eigenvalue weighted by atomic mass is 79.9. The molecule has 0 bridgehead atoms. The minimum atomic E-state index is 0.0133. The van der Waals surface area contributed by atoms with Gasteiger partial charge < -0.3 is 14.4 Å². The highest BCUT2D eigenvalue weighted by Gasteiger charge is 2.18. The van der Waals surface area contributed by atoms with Crippen LogP contribution in [0.1, 0.15) is 16.8 Å². The highest BCUT2D eigenvalue weighted by molar-refractivity contribution is 9.10. The smallest absolute Gasteiger partial charge is 0.168 e. The normalized spacial score (nSPS) is 13.3. The van der Waals surface area contributed by atoms with Gasteiger partial charge in [-0.15, -0.1) is 0 Å². The molecule has 1 aromatic carbocycles. The number of fused-ring (bicyclic) bond motifs is 1. The average molecular weight is 355 g/mol. The first kappa shape index (κ1) is 14.0. The summed E-state index contributed by atoms with van der Waals surface area (Å²) in [5, 5.41) is 10.1. The van der Waals surface area contributed by atoms with Crippen LogP contribution in [0.2, 0.25) is 0 Å². The van der Waals surface area contributed by atoms with Crippen LogP contribution >= 0.6 is 27.7 Å². The second kappa shape index (κ2) is 5.79. The number of aliphatic hydroxyl groups excluding tert-OH is 1. The third-order valence-corrected chi connectivity index (χ3v) is 4.94. The summed E-state index contributed by atoms with van der Waals surface area (Å²) in [6.45, 7) is 0.778. The van der Waals surface area contributed by atoms with Gasteiger partial charge in [0.1, 0.15) is 5.75 Å². The zero-order valence-electron chi connectivity index (χ0n) is 11.1. The predicted molar refractivity (Wildman–Crippen MR) is 82.0 cm³/mol. The van der Waals surface area contributed by atoms with Crippen LogP contribution in [0.4, 0.5) is 0 Å². The molecule has 0 radical (unpaired) electrons. The highest BCUT2D eigenvalue weighted by Crippen LogP contribution is 2.36. The first-order valence-electron chi connectivity index (χ1n) is 6.37. The Kier molecular flexibility index (Phi) is 4.05. The molecule has 1 N–H and O–H groups in total. The second-order valence-corrected chi connectivity index (χ2v) is 6.55. The molecular weight excluding hydrogens is 340 g/mol. The number of hydrogen-bond acceptors (Lipinski definition) is 4. The van der Waals surface area contributed by atoms with Crippen molar-refractivity contribution in [3.05, 3.63) is 39.6 Å². The van der Waals surface area contributed by atoms with Gasteiger partial charge in [0.2, 0.25) is 0 Å². The van der Waals surface area contributed by atoms with Gasteiger partial charge in [0.15, 0.2) is 5.16 Å². The lowest BCUT2D eigenvalue weighted by atomic mass is 10.1. The van der Waals surface area contributed by atoms with E-state index in [4.69, 9.17) is 4.74 Å². The lowest BCUT2D eigenvalue weighted by Gasteiger charge is -2.09. The van der Waals surface area contributed by atoms with E-state index in [-0.39, 0.29) is 6.61 Å².